The van der Waals surface area contributed by atoms with Crippen LogP contribution < -0.4 is 10.6 Å². The van der Waals surface area contributed by atoms with Gasteiger partial charge in [0.15, 0.2) is 0 Å². The third-order valence-corrected chi connectivity index (χ3v) is 3.57. The molecule has 0 aliphatic carbocycles. The standard InChI is InChI=1S/C14H18Cl2N2O2/c1-8(2)6-10(13(19)18-14(20)17-3)9-4-5-11(15)12(16)7-9/h4-5,7-8,10H,6H2,1-3H3,(H2,17,18,19,20). The SMILES string of the molecule is CNC(=O)NC(=O)C(CC(C)C)c1ccc(Cl)c(Cl)c1. The van der Waals surface area contributed by atoms with Gasteiger partial charge in [0.05, 0.1) is 16.0 Å². The van der Waals surface area contributed by atoms with Gasteiger partial charge in [0.25, 0.3) is 0 Å². The quantitative estimate of drug-likeness (QED) is 0.892. The number of halogens is 2. The largest absolute Gasteiger partial charge is 0.341 e. The summed E-state index contributed by atoms with van der Waals surface area (Å²) in [4.78, 5) is 23.5. The van der Waals surface area contributed by atoms with Crippen LogP contribution in [-0.2, 0) is 4.79 Å². The Morgan fingerprint density at radius 2 is 1.85 bits per heavy atom. The summed E-state index contributed by atoms with van der Waals surface area (Å²) in [5.74, 6) is -0.497. The molecule has 0 saturated heterocycles. The van der Waals surface area contributed by atoms with Crippen molar-refractivity contribution in [1.29, 1.82) is 0 Å². The molecule has 0 aromatic heterocycles. The highest BCUT2D eigenvalue weighted by molar-refractivity contribution is 6.42. The predicted octanol–water partition coefficient (Wildman–Crippen LogP) is 3.58. The molecular weight excluding hydrogens is 299 g/mol. The molecule has 0 saturated carbocycles. The molecule has 1 aromatic rings. The van der Waals surface area contributed by atoms with Gasteiger partial charge in [-0.1, -0.05) is 43.1 Å². The van der Waals surface area contributed by atoms with Crippen molar-refractivity contribution in [2.75, 3.05) is 7.05 Å². The van der Waals surface area contributed by atoms with Crippen LogP contribution >= 0.6 is 23.2 Å². The monoisotopic (exact) mass is 316 g/mol. The molecular formula is C14H18Cl2N2O2. The molecule has 1 atom stereocenters. The Hall–Kier alpha value is -1.26. The van der Waals surface area contributed by atoms with Gasteiger partial charge in [0.1, 0.15) is 0 Å². The molecule has 110 valence electrons. The second-order valence-corrected chi connectivity index (χ2v) is 5.74. The second kappa shape index (κ2) is 7.50. The van der Waals surface area contributed by atoms with E-state index in [1.54, 1.807) is 18.2 Å². The Balaban J connectivity index is 3.01. The molecule has 0 heterocycles. The van der Waals surface area contributed by atoms with Crippen LogP contribution in [0.4, 0.5) is 4.79 Å². The maximum absolute atomic E-state index is 12.2. The van der Waals surface area contributed by atoms with Gasteiger partial charge in [0.2, 0.25) is 5.91 Å². The lowest BCUT2D eigenvalue weighted by Gasteiger charge is -2.19. The minimum absolute atomic E-state index is 0.296. The van der Waals surface area contributed by atoms with E-state index in [0.717, 1.165) is 5.56 Å². The van der Waals surface area contributed by atoms with Crippen LogP contribution in [-0.4, -0.2) is 19.0 Å². The first-order valence-corrected chi connectivity index (χ1v) is 7.08. The Morgan fingerprint density at radius 3 is 2.35 bits per heavy atom. The normalized spacial score (nSPS) is 12.1. The summed E-state index contributed by atoms with van der Waals surface area (Å²) in [6.07, 6.45) is 0.612. The summed E-state index contributed by atoms with van der Waals surface area (Å²) in [6.45, 7) is 4.02. The minimum Gasteiger partial charge on any atom is -0.341 e. The van der Waals surface area contributed by atoms with Crippen LogP contribution in [0.25, 0.3) is 0 Å². The molecule has 20 heavy (non-hydrogen) atoms. The van der Waals surface area contributed by atoms with Crippen LogP contribution in [0, 0.1) is 5.92 Å². The predicted molar refractivity (Wildman–Crippen MR) is 81.3 cm³/mol. The van der Waals surface area contributed by atoms with Crippen LogP contribution in [0.15, 0.2) is 18.2 Å². The molecule has 0 bridgehead atoms. The summed E-state index contributed by atoms with van der Waals surface area (Å²) in [7, 11) is 1.46. The average molecular weight is 317 g/mol. The van der Waals surface area contributed by atoms with Gasteiger partial charge in [-0.25, -0.2) is 4.79 Å². The number of hydrogen-bond acceptors (Lipinski definition) is 2. The number of carbonyl (C=O) groups excluding carboxylic acids is 2. The first kappa shape index (κ1) is 16.8. The second-order valence-electron chi connectivity index (χ2n) is 4.92. The van der Waals surface area contributed by atoms with E-state index in [0.29, 0.717) is 22.4 Å². The van der Waals surface area contributed by atoms with E-state index in [1.165, 1.54) is 7.05 Å². The van der Waals surface area contributed by atoms with E-state index >= 15 is 0 Å². The van der Waals surface area contributed by atoms with Gasteiger partial charge in [-0.15, -0.1) is 0 Å². The number of nitrogens with one attached hydrogen (secondary N) is 2. The lowest BCUT2D eigenvalue weighted by Crippen LogP contribution is -2.40. The van der Waals surface area contributed by atoms with E-state index in [1.807, 2.05) is 13.8 Å². The number of hydrogen-bond donors (Lipinski definition) is 2. The summed E-state index contributed by atoms with van der Waals surface area (Å²) in [6, 6.07) is 4.55. The maximum Gasteiger partial charge on any atom is 0.321 e. The highest BCUT2D eigenvalue weighted by Gasteiger charge is 2.23. The number of imide groups is 1. The zero-order valence-corrected chi connectivity index (χ0v) is 13.2. The molecule has 2 N–H and O–H groups in total. The lowest BCUT2D eigenvalue weighted by atomic mass is 9.89. The highest BCUT2D eigenvalue weighted by atomic mass is 35.5. The molecule has 0 aliphatic heterocycles. The van der Waals surface area contributed by atoms with Crippen molar-refractivity contribution in [2.24, 2.45) is 5.92 Å². The molecule has 0 aliphatic rings. The van der Waals surface area contributed by atoms with Crippen molar-refractivity contribution in [2.45, 2.75) is 26.2 Å². The van der Waals surface area contributed by atoms with Crippen molar-refractivity contribution >= 4 is 35.1 Å². The molecule has 0 radical (unpaired) electrons. The van der Waals surface area contributed by atoms with E-state index in [9.17, 15) is 9.59 Å². The van der Waals surface area contributed by atoms with Crippen LogP contribution in [0.1, 0.15) is 31.7 Å². The van der Waals surface area contributed by atoms with Gasteiger partial charge >= 0.3 is 6.03 Å². The minimum atomic E-state index is -0.524. The molecule has 4 nitrogen and oxygen atoms in total. The van der Waals surface area contributed by atoms with Crippen molar-refractivity contribution in [3.05, 3.63) is 33.8 Å². The third kappa shape index (κ3) is 4.69. The molecule has 1 unspecified atom stereocenters. The summed E-state index contributed by atoms with van der Waals surface area (Å²) < 4.78 is 0. The Bertz CT molecular complexity index is 504. The summed E-state index contributed by atoms with van der Waals surface area (Å²) in [5, 5.41) is 5.49. The van der Waals surface area contributed by atoms with Gasteiger partial charge in [0, 0.05) is 7.05 Å². The Labute approximate surface area is 128 Å². The Morgan fingerprint density at radius 1 is 1.20 bits per heavy atom. The van der Waals surface area contributed by atoms with E-state index in [4.69, 9.17) is 23.2 Å². The first-order chi connectivity index (χ1) is 9.35. The number of carbonyl (C=O) groups is 2. The fraction of sp³-hybridized carbons (Fsp3) is 0.429. The fourth-order valence-corrected chi connectivity index (χ4v) is 2.16. The molecule has 1 rings (SSSR count). The Kier molecular flexibility index (Phi) is 6.30. The number of benzene rings is 1. The molecule has 3 amide bonds. The summed E-state index contributed by atoms with van der Waals surface area (Å²) in [5.41, 5.74) is 0.745. The van der Waals surface area contributed by atoms with Crippen molar-refractivity contribution < 1.29 is 9.59 Å². The van der Waals surface area contributed by atoms with Gasteiger partial charge in [-0.3, -0.25) is 10.1 Å². The van der Waals surface area contributed by atoms with Crippen LogP contribution in [0.3, 0.4) is 0 Å². The topological polar surface area (TPSA) is 58.2 Å². The van der Waals surface area contributed by atoms with Gasteiger partial charge in [-0.2, -0.15) is 0 Å². The van der Waals surface area contributed by atoms with Crippen molar-refractivity contribution in [1.82, 2.24) is 10.6 Å². The lowest BCUT2D eigenvalue weighted by molar-refractivity contribution is -0.121. The number of rotatable bonds is 4. The van der Waals surface area contributed by atoms with Crippen LogP contribution in [0.2, 0.25) is 10.0 Å². The average Bonchev–Trinajstić information content (AvgIpc) is 2.38. The molecule has 0 fully saturated rings. The number of amides is 3. The number of urea groups is 1. The smallest absolute Gasteiger partial charge is 0.321 e. The van der Waals surface area contributed by atoms with E-state index < -0.39 is 11.9 Å². The maximum atomic E-state index is 12.2. The molecule has 1 aromatic carbocycles. The molecule has 0 spiro atoms. The van der Waals surface area contributed by atoms with Crippen molar-refractivity contribution in [3.63, 3.8) is 0 Å². The van der Waals surface area contributed by atoms with Gasteiger partial charge in [-0.05, 0) is 30.0 Å². The van der Waals surface area contributed by atoms with E-state index in [2.05, 4.69) is 10.6 Å². The van der Waals surface area contributed by atoms with Gasteiger partial charge < -0.3 is 5.32 Å². The fourth-order valence-electron chi connectivity index (χ4n) is 1.86. The first-order valence-electron chi connectivity index (χ1n) is 6.32. The zero-order chi connectivity index (χ0) is 15.3. The summed E-state index contributed by atoms with van der Waals surface area (Å²) >= 11 is 11.9. The molecule has 6 heteroatoms. The van der Waals surface area contributed by atoms with E-state index in [-0.39, 0.29) is 5.91 Å². The van der Waals surface area contributed by atoms with Crippen molar-refractivity contribution in [3.8, 4) is 0 Å². The van der Waals surface area contributed by atoms with Crippen LogP contribution in [0.5, 0.6) is 0 Å². The highest BCUT2D eigenvalue weighted by Crippen LogP contribution is 2.30. The zero-order valence-electron chi connectivity index (χ0n) is 11.7. The third-order valence-electron chi connectivity index (χ3n) is 2.83.